The van der Waals surface area contributed by atoms with Crippen LogP contribution in [0.2, 0.25) is 0 Å². The average Bonchev–Trinajstić information content (AvgIpc) is 2.53. The summed E-state index contributed by atoms with van der Waals surface area (Å²) >= 11 is 0. The number of halogens is 5. The van der Waals surface area contributed by atoms with Crippen molar-refractivity contribution in [1.29, 1.82) is 0 Å². The van der Waals surface area contributed by atoms with Gasteiger partial charge in [-0.1, -0.05) is 13.8 Å². The molecule has 10 heteroatoms. The number of alkyl halides is 5. The predicted molar refractivity (Wildman–Crippen MR) is 81.1 cm³/mol. The van der Waals surface area contributed by atoms with E-state index in [-0.39, 0.29) is 18.0 Å². The van der Waals surface area contributed by atoms with Crippen molar-refractivity contribution < 1.29 is 35.2 Å². The van der Waals surface area contributed by atoms with Gasteiger partial charge in [-0.2, -0.15) is 26.3 Å². The van der Waals surface area contributed by atoms with E-state index in [9.17, 15) is 35.2 Å². The van der Waals surface area contributed by atoms with Gasteiger partial charge in [0.1, 0.15) is 0 Å². The minimum atomic E-state index is -6.02. The SMILES string of the molecule is CCCN(CCC)S(=O)(=O)c1ccc(C(=O)C(F)(F)C(F)(F)F)cc1. The summed E-state index contributed by atoms with van der Waals surface area (Å²) in [6, 6.07) is 3.02. The van der Waals surface area contributed by atoms with Crippen LogP contribution in [0.1, 0.15) is 37.0 Å². The highest BCUT2D eigenvalue weighted by atomic mass is 32.2. The molecular formula is C15H18F5NO3S. The zero-order chi connectivity index (χ0) is 19.5. The zero-order valence-electron chi connectivity index (χ0n) is 13.6. The third-order valence-corrected chi connectivity index (χ3v) is 5.25. The van der Waals surface area contributed by atoms with E-state index in [1.165, 1.54) is 4.31 Å². The number of benzene rings is 1. The van der Waals surface area contributed by atoms with Crippen LogP contribution < -0.4 is 0 Å². The van der Waals surface area contributed by atoms with Crippen molar-refractivity contribution in [2.24, 2.45) is 0 Å². The van der Waals surface area contributed by atoms with E-state index in [4.69, 9.17) is 0 Å². The maximum absolute atomic E-state index is 13.1. The summed E-state index contributed by atoms with van der Waals surface area (Å²) in [7, 11) is -3.92. The lowest BCUT2D eigenvalue weighted by Crippen LogP contribution is -2.44. The first-order chi connectivity index (χ1) is 11.4. The number of hydrogen-bond donors (Lipinski definition) is 0. The van der Waals surface area contributed by atoms with Crippen molar-refractivity contribution in [3.63, 3.8) is 0 Å². The second-order valence-corrected chi connectivity index (χ2v) is 7.27. The lowest BCUT2D eigenvalue weighted by atomic mass is 10.1. The molecule has 0 spiro atoms. The average molecular weight is 387 g/mol. The summed E-state index contributed by atoms with van der Waals surface area (Å²) in [6.07, 6.45) is -4.92. The van der Waals surface area contributed by atoms with Gasteiger partial charge in [-0.25, -0.2) is 8.42 Å². The fourth-order valence-electron chi connectivity index (χ4n) is 2.09. The molecule has 0 heterocycles. The normalized spacial score (nSPS) is 13.3. The molecule has 0 saturated heterocycles. The zero-order valence-corrected chi connectivity index (χ0v) is 14.4. The Morgan fingerprint density at radius 3 is 1.76 bits per heavy atom. The summed E-state index contributed by atoms with van der Waals surface area (Å²) in [5, 5.41) is 0. The summed E-state index contributed by atoms with van der Waals surface area (Å²) in [4.78, 5) is 11.1. The molecule has 0 N–H and O–H groups in total. The van der Waals surface area contributed by atoms with Gasteiger partial charge in [0, 0.05) is 18.7 Å². The number of sulfonamides is 1. The summed E-state index contributed by atoms with van der Waals surface area (Å²) in [5.41, 5.74) is -0.918. The first-order valence-corrected chi connectivity index (χ1v) is 8.93. The highest BCUT2D eigenvalue weighted by Gasteiger charge is 2.63. The van der Waals surface area contributed by atoms with Crippen molar-refractivity contribution in [1.82, 2.24) is 4.31 Å². The van der Waals surface area contributed by atoms with Crippen LogP contribution in [0.4, 0.5) is 22.0 Å². The Bertz CT molecular complexity index is 693. The maximum atomic E-state index is 13.1. The van der Waals surface area contributed by atoms with Crippen molar-refractivity contribution in [2.75, 3.05) is 13.1 Å². The maximum Gasteiger partial charge on any atom is 0.461 e. The molecule has 0 aliphatic rings. The molecule has 142 valence electrons. The van der Waals surface area contributed by atoms with E-state index in [2.05, 4.69) is 0 Å². The van der Waals surface area contributed by atoms with Crippen LogP contribution in [0.3, 0.4) is 0 Å². The molecule has 0 fully saturated rings. The first kappa shape index (κ1) is 21.5. The Hall–Kier alpha value is -1.55. The Balaban J connectivity index is 3.16. The predicted octanol–water partition coefficient (Wildman–Crippen LogP) is 3.88. The third-order valence-electron chi connectivity index (χ3n) is 3.34. The molecule has 0 radical (unpaired) electrons. The van der Waals surface area contributed by atoms with Crippen LogP contribution >= 0.6 is 0 Å². The fraction of sp³-hybridized carbons (Fsp3) is 0.533. The molecule has 0 aliphatic heterocycles. The number of rotatable bonds is 8. The Kier molecular flexibility index (Phi) is 6.68. The fourth-order valence-corrected chi connectivity index (χ4v) is 3.71. The minimum Gasteiger partial charge on any atom is -0.287 e. The van der Waals surface area contributed by atoms with Crippen molar-refractivity contribution in [3.8, 4) is 0 Å². The van der Waals surface area contributed by atoms with Crippen LogP contribution in [-0.2, 0) is 10.0 Å². The summed E-state index contributed by atoms with van der Waals surface area (Å²) in [5.74, 6) is -7.97. The van der Waals surface area contributed by atoms with Crippen LogP contribution in [0.5, 0.6) is 0 Å². The molecule has 1 rings (SSSR count). The summed E-state index contributed by atoms with van der Waals surface area (Å²) < 4.78 is 89.0. The van der Waals surface area contributed by atoms with E-state index in [0.29, 0.717) is 25.0 Å². The molecule has 0 unspecified atom stereocenters. The van der Waals surface area contributed by atoms with E-state index in [1.54, 1.807) is 13.8 Å². The standard InChI is InChI=1S/C15H18F5NO3S/c1-3-9-21(10-4-2)25(23,24)12-7-5-11(6-8-12)13(22)14(16,17)15(18,19)20/h5-8H,3-4,9-10H2,1-2H3. The summed E-state index contributed by atoms with van der Waals surface area (Å²) in [6.45, 7) is 4.03. The van der Waals surface area contributed by atoms with Crippen molar-refractivity contribution >= 4 is 15.8 Å². The first-order valence-electron chi connectivity index (χ1n) is 7.49. The molecule has 0 amide bonds. The van der Waals surface area contributed by atoms with Gasteiger partial charge in [0.25, 0.3) is 0 Å². The molecule has 0 bridgehead atoms. The Labute approximate surface area is 142 Å². The van der Waals surface area contributed by atoms with Gasteiger partial charge in [-0.3, -0.25) is 4.79 Å². The van der Waals surface area contributed by atoms with Gasteiger partial charge in [-0.15, -0.1) is 0 Å². The highest BCUT2D eigenvalue weighted by molar-refractivity contribution is 7.89. The topological polar surface area (TPSA) is 54.5 Å². The molecule has 0 atom stereocenters. The van der Waals surface area contributed by atoms with Crippen LogP contribution in [0, 0.1) is 0 Å². The number of hydrogen-bond acceptors (Lipinski definition) is 3. The molecule has 0 aliphatic carbocycles. The van der Waals surface area contributed by atoms with Crippen LogP contribution in [0.15, 0.2) is 29.2 Å². The van der Waals surface area contributed by atoms with Gasteiger partial charge in [0.15, 0.2) is 0 Å². The number of Topliss-reactive ketones (excluding diaryl/α,β-unsaturated/α-hetero) is 1. The monoisotopic (exact) mass is 387 g/mol. The van der Waals surface area contributed by atoms with E-state index >= 15 is 0 Å². The Morgan fingerprint density at radius 2 is 1.40 bits per heavy atom. The molecule has 25 heavy (non-hydrogen) atoms. The molecule has 1 aromatic rings. The van der Waals surface area contributed by atoms with Gasteiger partial charge in [0.05, 0.1) is 4.90 Å². The molecule has 1 aromatic carbocycles. The molecular weight excluding hydrogens is 369 g/mol. The van der Waals surface area contributed by atoms with E-state index < -0.39 is 33.5 Å². The number of carbonyl (C=O) groups is 1. The van der Waals surface area contributed by atoms with Crippen LogP contribution in [-0.4, -0.2) is 43.7 Å². The van der Waals surface area contributed by atoms with E-state index in [0.717, 1.165) is 12.1 Å². The number of carbonyl (C=O) groups excluding carboxylic acids is 1. The smallest absolute Gasteiger partial charge is 0.287 e. The lowest BCUT2D eigenvalue weighted by Gasteiger charge is -2.21. The third kappa shape index (κ3) is 4.55. The molecule has 0 saturated carbocycles. The molecule has 0 aromatic heterocycles. The highest BCUT2D eigenvalue weighted by Crippen LogP contribution is 2.38. The van der Waals surface area contributed by atoms with Crippen molar-refractivity contribution in [3.05, 3.63) is 29.8 Å². The van der Waals surface area contributed by atoms with Crippen LogP contribution in [0.25, 0.3) is 0 Å². The largest absolute Gasteiger partial charge is 0.461 e. The Morgan fingerprint density at radius 1 is 0.960 bits per heavy atom. The second kappa shape index (κ2) is 7.77. The number of nitrogens with zero attached hydrogens (tertiary/aromatic N) is 1. The minimum absolute atomic E-state index is 0.239. The lowest BCUT2D eigenvalue weighted by molar-refractivity contribution is -0.255. The van der Waals surface area contributed by atoms with Gasteiger partial charge in [-0.05, 0) is 37.1 Å². The number of ketones is 1. The second-order valence-electron chi connectivity index (χ2n) is 5.33. The van der Waals surface area contributed by atoms with Gasteiger partial charge in [0.2, 0.25) is 15.8 Å². The quantitative estimate of drug-likeness (QED) is 0.503. The van der Waals surface area contributed by atoms with E-state index in [1.807, 2.05) is 0 Å². The van der Waals surface area contributed by atoms with Crippen molar-refractivity contribution in [2.45, 2.75) is 43.7 Å². The molecule has 4 nitrogen and oxygen atoms in total. The van der Waals surface area contributed by atoms with Gasteiger partial charge >= 0.3 is 12.1 Å². The van der Waals surface area contributed by atoms with Gasteiger partial charge < -0.3 is 0 Å².